The molecule has 2 aliphatic rings. The molecule has 6 nitrogen and oxygen atoms in total. The predicted molar refractivity (Wildman–Crippen MR) is 99.9 cm³/mol. The summed E-state index contributed by atoms with van der Waals surface area (Å²) in [5.41, 5.74) is 0.725. The molecule has 1 aromatic heterocycles. The number of aryl methyl sites for hydroxylation is 1. The minimum absolute atomic E-state index is 0.0745. The average molecular weight is 407 g/mol. The maximum atomic E-state index is 12.3. The molecule has 1 aromatic carbocycles. The van der Waals surface area contributed by atoms with Gasteiger partial charge in [-0.3, -0.25) is 14.4 Å². The molecule has 9 heteroatoms. The van der Waals surface area contributed by atoms with Crippen LogP contribution in [0.15, 0.2) is 36.5 Å². The van der Waals surface area contributed by atoms with Gasteiger partial charge in [-0.15, -0.1) is 13.2 Å². The van der Waals surface area contributed by atoms with Crippen LogP contribution in [0.5, 0.6) is 5.75 Å². The van der Waals surface area contributed by atoms with Crippen molar-refractivity contribution < 1.29 is 22.7 Å². The van der Waals surface area contributed by atoms with Crippen LogP contribution in [0.1, 0.15) is 12.0 Å². The van der Waals surface area contributed by atoms with E-state index in [0.29, 0.717) is 30.1 Å². The van der Waals surface area contributed by atoms with Crippen molar-refractivity contribution in [2.24, 2.45) is 24.8 Å². The van der Waals surface area contributed by atoms with Crippen LogP contribution in [0.3, 0.4) is 0 Å². The molecule has 2 aromatic rings. The number of hydrogen-bond donors (Lipinski definition) is 1. The summed E-state index contributed by atoms with van der Waals surface area (Å²) in [5.74, 6) is 1.89. The van der Waals surface area contributed by atoms with Gasteiger partial charge in [0.2, 0.25) is 5.91 Å². The highest BCUT2D eigenvalue weighted by Crippen LogP contribution is 2.54. The lowest BCUT2D eigenvalue weighted by atomic mass is 10.0. The molecule has 1 aliphatic carbocycles. The van der Waals surface area contributed by atoms with Crippen molar-refractivity contribution in [1.29, 1.82) is 0 Å². The summed E-state index contributed by atoms with van der Waals surface area (Å²) in [5, 5.41) is 6.92. The second-order valence-electron chi connectivity index (χ2n) is 7.67. The molecule has 2 atom stereocenters. The Morgan fingerprint density at radius 2 is 2.07 bits per heavy atom. The first-order valence-corrected chi connectivity index (χ1v) is 9.48. The van der Waals surface area contributed by atoms with E-state index < -0.39 is 6.36 Å². The van der Waals surface area contributed by atoms with E-state index in [2.05, 4.69) is 20.1 Å². The van der Waals surface area contributed by atoms with E-state index in [1.807, 2.05) is 6.42 Å². The van der Waals surface area contributed by atoms with Gasteiger partial charge >= 0.3 is 6.36 Å². The molecule has 1 N–H and O–H groups in total. The van der Waals surface area contributed by atoms with Crippen LogP contribution in [0, 0.1) is 24.2 Å². The Morgan fingerprint density at radius 1 is 1.31 bits per heavy atom. The third-order valence-electron chi connectivity index (χ3n) is 5.51. The molecule has 2 fully saturated rings. The number of anilines is 1. The lowest BCUT2D eigenvalue weighted by Gasteiger charge is -2.18. The van der Waals surface area contributed by atoms with Crippen molar-refractivity contribution in [1.82, 2.24) is 14.7 Å². The number of nitrogens with one attached hydrogen (secondary N) is 1. The minimum Gasteiger partial charge on any atom is -0.406 e. The Balaban J connectivity index is 1.19. The second kappa shape index (κ2) is 7.70. The van der Waals surface area contributed by atoms with Gasteiger partial charge in [0.25, 0.3) is 0 Å². The van der Waals surface area contributed by atoms with Gasteiger partial charge in [0.15, 0.2) is 5.82 Å². The largest absolute Gasteiger partial charge is 0.573 e. The van der Waals surface area contributed by atoms with E-state index in [4.69, 9.17) is 0 Å². The predicted octanol–water partition coefficient (Wildman–Crippen LogP) is 3.08. The molecule has 0 bridgehead atoms. The number of fused-ring (bicyclic) bond motifs is 1. The molecule has 1 radical (unpaired) electrons. The SMILES string of the molecule is Cn1ccc(NC(=O)CN2CC3C(C[CH]c4cccc(OC(F)(F)F)c4)C3C2)n1. The maximum absolute atomic E-state index is 12.3. The number of benzene rings is 1. The lowest BCUT2D eigenvalue weighted by molar-refractivity contribution is -0.274. The van der Waals surface area contributed by atoms with Crippen LogP contribution in [0.4, 0.5) is 19.0 Å². The number of alkyl halides is 3. The first kappa shape index (κ1) is 19.8. The molecule has 4 rings (SSSR count). The monoisotopic (exact) mass is 407 g/mol. The highest BCUT2D eigenvalue weighted by molar-refractivity contribution is 5.91. The third-order valence-corrected chi connectivity index (χ3v) is 5.51. The van der Waals surface area contributed by atoms with Gasteiger partial charge in [-0.1, -0.05) is 12.1 Å². The number of likely N-dealkylation sites (tertiary alicyclic amines) is 1. The number of amides is 1. The number of piperidine rings is 1. The summed E-state index contributed by atoms with van der Waals surface area (Å²) in [4.78, 5) is 14.3. The Bertz CT molecular complexity index is 871. The van der Waals surface area contributed by atoms with Crippen LogP contribution >= 0.6 is 0 Å². The normalized spacial score (nSPS) is 23.7. The fraction of sp³-hybridized carbons (Fsp3) is 0.450. The third kappa shape index (κ3) is 5.09. The molecule has 1 aliphatic heterocycles. The molecule has 0 spiro atoms. The zero-order chi connectivity index (χ0) is 20.6. The molecule has 29 heavy (non-hydrogen) atoms. The van der Waals surface area contributed by atoms with Gasteiger partial charge in [-0.25, -0.2) is 0 Å². The summed E-state index contributed by atoms with van der Waals surface area (Å²) >= 11 is 0. The average Bonchev–Trinajstić information content (AvgIpc) is 2.92. The highest BCUT2D eigenvalue weighted by atomic mass is 19.4. The summed E-state index contributed by atoms with van der Waals surface area (Å²) in [7, 11) is 1.79. The number of rotatable bonds is 7. The smallest absolute Gasteiger partial charge is 0.406 e. The lowest BCUT2D eigenvalue weighted by Crippen LogP contribution is -2.33. The summed E-state index contributed by atoms with van der Waals surface area (Å²) in [6, 6.07) is 7.78. The van der Waals surface area contributed by atoms with E-state index in [9.17, 15) is 18.0 Å². The standard InChI is InChI=1S/C20H22F3N4O2/c1-26-8-7-18(25-26)24-19(28)12-27-10-16-15(17(16)11-27)6-5-13-3-2-4-14(9-13)29-20(21,22)23/h2-5,7-9,15-17H,6,10-12H2,1H3,(H,24,25,28). The summed E-state index contributed by atoms with van der Waals surface area (Å²) < 4.78 is 42.6. The van der Waals surface area contributed by atoms with Gasteiger partial charge in [0, 0.05) is 32.4 Å². The number of carbonyl (C=O) groups is 1. The molecule has 1 saturated carbocycles. The summed E-state index contributed by atoms with van der Waals surface area (Å²) in [6.07, 6.45) is -0.131. The minimum atomic E-state index is -4.68. The van der Waals surface area contributed by atoms with E-state index in [1.54, 1.807) is 36.1 Å². The van der Waals surface area contributed by atoms with E-state index >= 15 is 0 Å². The van der Waals surface area contributed by atoms with E-state index in [-0.39, 0.29) is 11.7 Å². The molecule has 1 saturated heterocycles. The van der Waals surface area contributed by atoms with Crippen LogP contribution in [-0.4, -0.2) is 46.6 Å². The van der Waals surface area contributed by atoms with Gasteiger partial charge in [-0.05, 0) is 48.3 Å². The topological polar surface area (TPSA) is 59.4 Å². The molecule has 2 unspecified atom stereocenters. The van der Waals surface area contributed by atoms with E-state index in [1.165, 1.54) is 12.1 Å². The molecule has 155 valence electrons. The summed E-state index contributed by atoms with van der Waals surface area (Å²) in [6.45, 7) is 2.09. The van der Waals surface area contributed by atoms with Gasteiger partial charge in [0.05, 0.1) is 6.54 Å². The van der Waals surface area contributed by atoms with Gasteiger partial charge in [0.1, 0.15) is 5.75 Å². The number of aromatic nitrogens is 2. The molecule has 1 amide bonds. The maximum Gasteiger partial charge on any atom is 0.573 e. The van der Waals surface area contributed by atoms with Crippen molar-refractivity contribution in [2.75, 3.05) is 25.0 Å². The quantitative estimate of drug-likeness (QED) is 0.767. The van der Waals surface area contributed by atoms with Gasteiger partial charge in [-0.2, -0.15) is 5.10 Å². The van der Waals surface area contributed by atoms with Crippen LogP contribution in [0.2, 0.25) is 0 Å². The van der Waals surface area contributed by atoms with Crippen LogP contribution in [-0.2, 0) is 11.8 Å². The fourth-order valence-electron chi connectivity index (χ4n) is 4.19. The first-order valence-electron chi connectivity index (χ1n) is 9.48. The van der Waals surface area contributed by atoms with Crippen molar-refractivity contribution in [3.8, 4) is 5.75 Å². The zero-order valence-electron chi connectivity index (χ0n) is 15.9. The Labute approximate surface area is 166 Å². The molecular formula is C20H22F3N4O2. The van der Waals surface area contributed by atoms with Crippen LogP contribution < -0.4 is 10.1 Å². The van der Waals surface area contributed by atoms with E-state index in [0.717, 1.165) is 25.1 Å². The Morgan fingerprint density at radius 3 is 2.72 bits per heavy atom. The number of halogens is 3. The van der Waals surface area contributed by atoms with Crippen molar-refractivity contribution in [2.45, 2.75) is 12.8 Å². The van der Waals surface area contributed by atoms with Crippen LogP contribution in [0.25, 0.3) is 0 Å². The number of hydrogen-bond acceptors (Lipinski definition) is 4. The highest BCUT2D eigenvalue weighted by Gasteiger charge is 2.54. The number of ether oxygens (including phenoxy) is 1. The Hall–Kier alpha value is -2.55. The number of nitrogens with zero attached hydrogens (tertiary/aromatic N) is 3. The van der Waals surface area contributed by atoms with Gasteiger partial charge < -0.3 is 10.1 Å². The second-order valence-corrected chi connectivity index (χ2v) is 7.67. The number of carbonyl (C=O) groups excluding carboxylic acids is 1. The van der Waals surface area contributed by atoms with Crippen molar-refractivity contribution in [3.05, 3.63) is 48.5 Å². The van der Waals surface area contributed by atoms with Crippen molar-refractivity contribution in [3.63, 3.8) is 0 Å². The Kier molecular flexibility index (Phi) is 5.24. The fourth-order valence-corrected chi connectivity index (χ4v) is 4.19. The molecule has 2 heterocycles. The van der Waals surface area contributed by atoms with Crippen molar-refractivity contribution >= 4 is 11.7 Å². The molecular weight excluding hydrogens is 385 g/mol. The first-order chi connectivity index (χ1) is 13.8. The zero-order valence-corrected chi connectivity index (χ0v) is 15.9.